The third-order valence-corrected chi connectivity index (χ3v) is 2.34. The molecule has 6 heteroatoms. The van der Waals surface area contributed by atoms with Crippen LogP contribution < -0.4 is 5.32 Å². The predicted octanol–water partition coefficient (Wildman–Crippen LogP) is 0.747. The van der Waals surface area contributed by atoms with Gasteiger partial charge in [-0.3, -0.25) is 9.89 Å². The highest BCUT2D eigenvalue weighted by Crippen LogP contribution is 2.05. The molecule has 0 aliphatic carbocycles. The summed E-state index contributed by atoms with van der Waals surface area (Å²) in [5, 5.41) is 17.2. The van der Waals surface area contributed by atoms with Gasteiger partial charge in [-0.1, -0.05) is 0 Å². The van der Waals surface area contributed by atoms with Crippen molar-refractivity contribution in [3.05, 3.63) is 41.0 Å². The normalized spacial score (nSPS) is 10.2. The lowest BCUT2D eigenvalue weighted by molar-refractivity contribution is 0.0949. The van der Waals surface area contributed by atoms with Crippen molar-refractivity contribution >= 4 is 5.91 Å². The summed E-state index contributed by atoms with van der Waals surface area (Å²) in [6, 6.07) is 3.54. The molecule has 88 valence electrons. The van der Waals surface area contributed by atoms with Gasteiger partial charge in [-0.2, -0.15) is 15.3 Å². The van der Waals surface area contributed by atoms with Crippen LogP contribution in [0.1, 0.15) is 27.4 Å². The average Bonchev–Trinajstić information content (AvgIpc) is 2.82. The van der Waals surface area contributed by atoms with Crippen LogP contribution in [0.4, 0.5) is 0 Å². The van der Waals surface area contributed by atoms with Crippen LogP contribution in [0.15, 0.2) is 18.3 Å². The van der Waals surface area contributed by atoms with Gasteiger partial charge in [0.15, 0.2) is 0 Å². The molecule has 2 N–H and O–H groups in total. The Labute approximate surface area is 98.5 Å². The van der Waals surface area contributed by atoms with E-state index < -0.39 is 0 Å². The quantitative estimate of drug-likeness (QED) is 0.816. The molecule has 0 radical (unpaired) electrons. The number of aromatic amines is 1. The van der Waals surface area contributed by atoms with Crippen LogP contribution in [0.2, 0.25) is 0 Å². The first-order valence-corrected chi connectivity index (χ1v) is 5.24. The van der Waals surface area contributed by atoms with E-state index in [4.69, 9.17) is 0 Å². The smallest absolute Gasteiger partial charge is 0.253 e. The number of nitrogens with one attached hydrogen (secondary N) is 2. The molecular weight excluding hydrogens is 218 g/mol. The standard InChI is InChI=1S/C11H13N5O/c1-7-5-10(8(2)15-14-7)11(17)12-6-9-3-4-13-16-9/h3-5H,6H2,1-2H3,(H,12,17)(H,13,16). The zero-order valence-electron chi connectivity index (χ0n) is 9.69. The Kier molecular flexibility index (Phi) is 3.13. The van der Waals surface area contributed by atoms with E-state index >= 15 is 0 Å². The first-order valence-electron chi connectivity index (χ1n) is 5.24. The van der Waals surface area contributed by atoms with E-state index in [2.05, 4.69) is 25.7 Å². The molecule has 0 aromatic carbocycles. The molecule has 2 aromatic rings. The van der Waals surface area contributed by atoms with Crippen LogP contribution in [0, 0.1) is 13.8 Å². The van der Waals surface area contributed by atoms with E-state index in [9.17, 15) is 4.79 Å². The molecule has 0 saturated heterocycles. The molecular formula is C11H13N5O. The highest BCUT2D eigenvalue weighted by atomic mass is 16.1. The maximum absolute atomic E-state index is 11.9. The van der Waals surface area contributed by atoms with Crippen molar-refractivity contribution in [2.75, 3.05) is 0 Å². The van der Waals surface area contributed by atoms with Gasteiger partial charge in [0.2, 0.25) is 0 Å². The Balaban J connectivity index is 2.07. The van der Waals surface area contributed by atoms with Crippen molar-refractivity contribution in [1.29, 1.82) is 0 Å². The van der Waals surface area contributed by atoms with Gasteiger partial charge < -0.3 is 5.32 Å². The van der Waals surface area contributed by atoms with Gasteiger partial charge in [0.25, 0.3) is 5.91 Å². The molecule has 0 spiro atoms. The minimum atomic E-state index is -0.157. The van der Waals surface area contributed by atoms with E-state index in [1.165, 1.54) is 0 Å². The zero-order chi connectivity index (χ0) is 12.3. The number of nitrogens with zero attached hydrogens (tertiary/aromatic N) is 3. The third-order valence-electron chi connectivity index (χ3n) is 2.34. The Morgan fingerprint density at radius 2 is 2.24 bits per heavy atom. The number of rotatable bonds is 3. The second-order valence-corrected chi connectivity index (χ2v) is 3.75. The number of aryl methyl sites for hydroxylation is 2. The van der Waals surface area contributed by atoms with E-state index in [1.54, 1.807) is 26.1 Å². The van der Waals surface area contributed by atoms with E-state index in [0.29, 0.717) is 17.8 Å². The number of hydrogen-bond acceptors (Lipinski definition) is 4. The molecule has 0 aliphatic rings. The van der Waals surface area contributed by atoms with E-state index in [1.807, 2.05) is 6.07 Å². The van der Waals surface area contributed by atoms with Gasteiger partial charge in [-0.05, 0) is 26.0 Å². The summed E-state index contributed by atoms with van der Waals surface area (Å²) in [6.45, 7) is 3.98. The molecule has 2 rings (SSSR count). The van der Waals surface area contributed by atoms with Crippen molar-refractivity contribution in [2.24, 2.45) is 0 Å². The van der Waals surface area contributed by atoms with Crippen molar-refractivity contribution in [3.8, 4) is 0 Å². The number of carbonyl (C=O) groups excluding carboxylic acids is 1. The Morgan fingerprint density at radius 1 is 1.41 bits per heavy atom. The minimum absolute atomic E-state index is 0.157. The lowest BCUT2D eigenvalue weighted by atomic mass is 10.2. The molecule has 0 unspecified atom stereocenters. The second kappa shape index (κ2) is 4.73. The molecule has 0 aliphatic heterocycles. The minimum Gasteiger partial charge on any atom is -0.346 e. The zero-order valence-corrected chi connectivity index (χ0v) is 9.69. The second-order valence-electron chi connectivity index (χ2n) is 3.75. The van der Waals surface area contributed by atoms with Crippen molar-refractivity contribution in [1.82, 2.24) is 25.7 Å². The van der Waals surface area contributed by atoms with Crippen LogP contribution in [-0.2, 0) is 6.54 Å². The molecule has 0 atom stereocenters. The maximum Gasteiger partial charge on any atom is 0.253 e. The lowest BCUT2D eigenvalue weighted by Gasteiger charge is -2.06. The summed E-state index contributed by atoms with van der Waals surface area (Å²) >= 11 is 0. The van der Waals surface area contributed by atoms with Crippen LogP contribution in [0.5, 0.6) is 0 Å². The first kappa shape index (κ1) is 11.3. The Hall–Kier alpha value is -2.24. The number of amides is 1. The van der Waals surface area contributed by atoms with Crippen molar-refractivity contribution < 1.29 is 4.79 Å². The molecule has 1 amide bonds. The van der Waals surface area contributed by atoms with Crippen LogP contribution in [0.3, 0.4) is 0 Å². The molecule has 2 heterocycles. The SMILES string of the molecule is Cc1cc(C(=O)NCc2ccn[nH]2)c(C)nn1. The first-order chi connectivity index (χ1) is 8.16. The van der Waals surface area contributed by atoms with Crippen LogP contribution in [-0.4, -0.2) is 26.3 Å². The van der Waals surface area contributed by atoms with E-state index in [-0.39, 0.29) is 5.91 Å². The molecule has 0 bridgehead atoms. The summed E-state index contributed by atoms with van der Waals surface area (Å²) in [5.74, 6) is -0.157. The molecule has 2 aromatic heterocycles. The van der Waals surface area contributed by atoms with Gasteiger partial charge in [0.1, 0.15) is 0 Å². The van der Waals surface area contributed by atoms with Gasteiger partial charge in [0, 0.05) is 6.20 Å². The molecule has 6 nitrogen and oxygen atoms in total. The summed E-state index contributed by atoms with van der Waals surface area (Å²) in [5.41, 5.74) is 2.76. The maximum atomic E-state index is 11.9. The fourth-order valence-electron chi connectivity index (χ4n) is 1.43. The fraction of sp³-hybridized carbons (Fsp3) is 0.273. The summed E-state index contributed by atoms with van der Waals surface area (Å²) in [6.07, 6.45) is 1.64. The number of hydrogen-bond donors (Lipinski definition) is 2. The fourth-order valence-corrected chi connectivity index (χ4v) is 1.43. The number of H-pyrrole nitrogens is 1. The highest BCUT2D eigenvalue weighted by molar-refractivity contribution is 5.95. The van der Waals surface area contributed by atoms with E-state index in [0.717, 1.165) is 11.4 Å². The van der Waals surface area contributed by atoms with Crippen molar-refractivity contribution in [3.63, 3.8) is 0 Å². The Morgan fingerprint density at radius 3 is 2.94 bits per heavy atom. The van der Waals surface area contributed by atoms with Gasteiger partial charge in [-0.25, -0.2) is 0 Å². The summed E-state index contributed by atoms with van der Waals surface area (Å²) in [4.78, 5) is 11.9. The predicted molar refractivity (Wildman–Crippen MR) is 61.3 cm³/mol. The largest absolute Gasteiger partial charge is 0.346 e. The third kappa shape index (κ3) is 2.66. The van der Waals surface area contributed by atoms with Crippen LogP contribution >= 0.6 is 0 Å². The Bertz CT molecular complexity index is 521. The van der Waals surface area contributed by atoms with Gasteiger partial charge in [0.05, 0.1) is 29.2 Å². The topological polar surface area (TPSA) is 83.6 Å². The molecule has 0 fully saturated rings. The summed E-state index contributed by atoms with van der Waals surface area (Å²) < 4.78 is 0. The molecule has 0 saturated carbocycles. The van der Waals surface area contributed by atoms with Gasteiger partial charge in [-0.15, -0.1) is 0 Å². The monoisotopic (exact) mass is 231 g/mol. The molecule has 17 heavy (non-hydrogen) atoms. The van der Waals surface area contributed by atoms with Crippen molar-refractivity contribution in [2.45, 2.75) is 20.4 Å². The van der Waals surface area contributed by atoms with Crippen LogP contribution in [0.25, 0.3) is 0 Å². The highest BCUT2D eigenvalue weighted by Gasteiger charge is 2.10. The van der Waals surface area contributed by atoms with Gasteiger partial charge >= 0.3 is 0 Å². The average molecular weight is 231 g/mol. The lowest BCUT2D eigenvalue weighted by Crippen LogP contribution is -2.24. The summed E-state index contributed by atoms with van der Waals surface area (Å²) in [7, 11) is 0. The number of carbonyl (C=O) groups is 1. The number of aromatic nitrogens is 4.